The van der Waals surface area contributed by atoms with Gasteiger partial charge >= 0.3 is 0 Å². The second-order valence-corrected chi connectivity index (χ2v) is 1.93. The first-order valence-electron chi connectivity index (χ1n) is 3.21. The minimum Gasteiger partial charge on any atom is -0.394 e. The van der Waals surface area contributed by atoms with Gasteiger partial charge < -0.3 is 10.4 Å². The number of aliphatic hydroxyl groups excluding tert-OH is 1. The Bertz CT molecular complexity index is 233. The van der Waals surface area contributed by atoms with Crippen molar-refractivity contribution in [1.82, 2.24) is 9.78 Å². The molecule has 0 spiro atoms. The largest absolute Gasteiger partial charge is 0.394 e. The van der Waals surface area contributed by atoms with Crippen molar-refractivity contribution in [3.63, 3.8) is 0 Å². The quantitative estimate of drug-likeness (QED) is 0.573. The number of carbonyl (C=O) groups is 1. The van der Waals surface area contributed by atoms with E-state index in [2.05, 4.69) is 10.4 Å². The monoisotopic (exact) mass is 155 g/mol. The van der Waals surface area contributed by atoms with Crippen molar-refractivity contribution in [2.45, 2.75) is 6.54 Å². The van der Waals surface area contributed by atoms with Crippen molar-refractivity contribution in [1.29, 1.82) is 0 Å². The van der Waals surface area contributed by atoms with Crippen molar-refractivity contribution >= 4 is 12.2 Å². The van der Waals surface area contributed by atoms with Gasteiger partial charge in [0, 0.05) is 6.07 Å². The van der Waals surface area contributed by atoms with E-state index in [4.69, 9.17) is 5.11 Å². The minimum atomic E-state index is 0.00914. The fourth-order valence-corrected chi connectivity index (χ4v) is 0.789. The predicted octanol–water partition coefficient (Wildman–Crippen LogP) is -0.556. The summed E-state index contributed by atoms with van der Waals surface area (Å²) in [5.41, 5.74) is 0. The Hall–Kier alpha value is -1.36. The Morgan fingerprint density at radius 2 is 2.64 bits per heavy atom. The van der Waals surface area contributed by atoms with Gasteiger partial charge in [0.25, 0.3) is 0 Å². The third-order valence-electron chi connectivity index (χ3n) is 1.24. The van der Waals surface area contributed by atoms with Crippen molar-refractivity contribution in [2.24, 2.45) is 0 Å². The highest BCUT2D eigenvalue weighted by atomic mass is 16.3. The van der Waals surface area contributed by atoms with Crippen molar-refractivity contribution < 1.29 is 9.90 Å². The number of aromatic nitrogens is 2. The summed E-state index contributed by atoms with van der Waals surface area (Å²) in [5.74, 6) is 0.592. The van der Waals surface area contributed by atoms with E-state index in [9.17, 15) is 4.79 Å². The normalized spacial score (nSPS) is 9.55. The van der Waals surface area contributed by atoms with Crippen LogP contribution in [-0.2, 0) is 11.3 Å². The number of aliphatic hydroxyl groups is 1. The molecule has 0 aliphatic heterocycles. The van der Waals surface area contributed by atoms with E-state index in [1.54, 1.807) is 12.3 Å². The summed E-state index contributed by atoms with van der Waals surface area (Å²) in [4.78, 5) is 10.0. The van der Waals surface area contributed by atoms with Crippen LogP contribution in [-0.4, -0.2) is 27.9 Å². The van der Waals surface area contributed by atoms with Gasteiger partial charge in [-0.25, -0.2) is 4.68 Å². The van der Waals surface area contributed by atoms with Crippen LogP contribution in [0.2, 0.25) is 0 Å². The third kappa shape index (κ3) is 1.78. The lowest BCUT2D eigenvalue weighted by Gasteiger charge is -2.01. The van der Waals surface area contributed by atoms with E-state index >= 15 is 0 Å². The average molecular weight is 155 g/mol. The maximum atomic E-state index is 10.0. The summed E-state index contributed by atoms with van der Waals surface area (Å²) in [5, 5.41) is 14.9. The fraction of sp³-hybridized carbons (Fsp3) is 0.333. The average Bonchev–Trinajstić information content (AvgIpc) is 2.39. The third-order valence-corrected chi connectivity index (χ3v) is 1.24. The van der Waals surface area contributed by atoms with Crippen LogP contribution in [0.15, 0.2) is 12.3 Å². The molecule has 1 rings (SSSR count). The second-order valence-electron chi connectivity index (χ2n) is 1.93. The number of nitrogens with zero attached hydrogens (tertiary/aromatic N) is 2. The van der Waals surface area contributed by atoms with Crippen LogP contribution in [0.3, 0.4) is 0 Å². The van der Waals surface area contributed by atoms with Crippen molar-refractivity contribution in [3.05, 3.63) is 12.3 Å². The van der Waals surface area contributed by atoms with E-state index < -0.39 is 0 Å². The van der Waals surface area contributed by atoms with Crippen molar-refractivity contribution in [3.8, 4) is 0 Å². The molecule has 0 bridgehead atoms. The predicted molar refractivity (Wildman–Crippen MR) is 39.0 cm³/mol. The molecule has 11 heavy (non-hydrogen) atoms. The lowest BCUT2D eigenvalue weighted by molar-refractivity contribution is -0.105. The lowest BCUT2D eigenvalue weighted by atomic mass is 10.6. The van der Waals surface area contributed by atoms with Crippen LogP contribution in [0.1, 0.15) is 0 Å². The van der Waals surface area contributed by atoms with Crippen LogP contribution in [0.25, 0.3) is 0 Å². The summed E-state index contributed by atoms with van der Waals surface area (Å²) in [6.07, 6.45) is 2.13. The Labute approximate surface area is 63.6 Å². The highest BCUT2D eigenvalue weighted by Gasteiger charge is 1.97. The van der Waals surface area contributed by atoms with Gasteiger partial charge in [-0.2, -0.15) is 5.10 Å². The molecule has 0 saturated heterocycles. The Morgan fingerprint density at radius 3 is 3.27 bits per heavy atom. The molecule has 0 aromatic carbocycles. The minimum absolute atomic E-state index is 0.00914. The van der Waals surface area contributed by atoms with Gasteiger partial charge in [0.1, 0.15) is 5.82 Å². The summed E-state index contributed by atoms with van der Waals surface area (Å²) in [6, 6.07) is 1.66. The molecule has 5 nitrogen and oxygen atoms in total. The first-order chi connectivity index (χ1) is 5.38. The molecule has 0 unspecified atom stereocenters. The summed E-state index contributed by atoms with van der Waals surface area (Å²) in [7, 11) is 0. The maximum absolute atomic E-state index is 10.0. The molecule has 1 heterocycles. The molecule has 5 heteroatoms. The molecule has 1 amide bonds. The SMILES string of the molecule is O=CNc1ccnn1CCO. The van der Waals surface area contributed by atoms with Gasteiger partial charge in [-0.1, -0.05) is 0 Å². The molecule has 60 valence electrons. The van der Waals surface area contributed by atoms with E-state index in [0.717, 1.165) is 0 Å². The van der Waals surface area contributed by atoms with Gasteiger partial charge in [-0.05, 0) is 0 Å². The topological polar surface area (TPSA) is 67.2 Å². The van der Waals surface area contributed by atoms with Crippen LogP contribution in [0, 0.1) is 0 Å². The maximum Gasteiger partial charge on any atom is 0.212 e. The standard InChI is InChI=1S/C6H9N3O2/c10-4-3-9-6(7-5-11)1-2-8-9/h1-2,5,10H,3-4H2,(H,7,11). The first kappa shape index (κ1) is 7.74. The number of nitrogens with one attached hydrogen (secondary N) is 1. The lowest BCUT2D eigenvalue weighted by Crippen LogP contribution is -2.08. The molecule has 0 aliphatic rings. The molecule has 1 aromatic heterocycles. The molecule has 1 aromatic rings. The van der Waals surface area contributed by atoms with Crippen LogP contribution in [0.4, 0.5) is 5.82 Å². The Kier molecular flexibility index (Phi) is 2.62. The zero-order valence-corrected chi connectivity index (χ0v) is 5.90. The van der Waals surface area contributed by atoms with Gasteiger partial charge in [-0.3, -0.25) is 4.79 Å². The van der Waals surface area contributed by atoms with Crippen LogP contribution < -0.4 is 5.32 Å². The summed E-state index contributed by atoms with van der Waals surface area (Å²) in [6.45, 7) is 0.401. The molecule has 0 radical (unpaired) electrons. The van der Waals surface area contributed by atoms with Crippen molar-refractivity contribution in [2.75, 3.05) is 11.9 Å². The number of amides is 1. The zero-order valence-electron chi connectivity index (χ0n) is 5.90. The van der Waals surface area contributed by atoms with Gasteiger partial charge in [0.15, 0.2) is 0 Å². The Balaban J connectivity index is 2.69. The van der Waals surface area contributed by atoms with Gasteiger partial charge in [0.2, 0.25) is 6.41 Å². The van der Waals surface area contributed by atoms with E-state index in [1.807, 2.05) is 0 Å². The van der Waals surface area contributed by atoms with E-state index in [1.165, 1.54) is 4.68 Å². The number of rotatable bonds is 4. The van der Waals surface area contributed by atoms with Crippen LogP contribution >= 0.6 is 0 Å². The molecular weight excluding hydrogens is 146 g/mol. The summed E-state index contributed by atoms with van der Waals surface area (Å²) >= 11 is 0. The first-order valence-corrected chi connectivity index (χ1v) is 3.21. The Morgan fingerprint density at radius 1 is 1.82 bits per heavy atom. The molecule has 2 N–H and O–H groups in total. The molecule has 0 saturated carbocycles. The number of anilines is 1. The van der Waals surface area contributed by atoms with Crippen LogP contribution in [0.5, 0.6) is 0 Å². The smallest absolute Gasteiger partial charge is 0.212 e. The van der Waals surface area contributed by atoms with E-state index in [-0.39, 0.29) is 6.61 Å². The van der Waals surface area contributed by atoms with Gasteiger partial charge in [0.05, 0.1) is 19.3 Å². The fourth-order valence-electron chi connectivity index (χ4n) is 0.789. The molecule has 0 aliphatic carbocycles. The highest BCUT2D eigenvalue weighted by molar-refractivity contribution is 5.68. The molecular formula is C6H9N3O2. The van der Waals surface area contributed by atoms with E-state index in [0.29, 0.717) is 18.8 Å². The molecule has 0 fully saturated rings. The molecule has 0 atom stereocenters. The number of hydrogen-bond acceptors (Lipinski definition) is 3. The zero-order chi connectivity index (χ0) is 8.10. The number of hydrogen-bond donors (Lipinski definition) is 2. The number of carbonyl (C=O) groups excluding carboxylic acids is 1. The summed E-state index contributed by atoms with van der Waals surface area (Å²) < 4.78 is 1.51. The highest BCUT2D eigenvalue weighted by Crippen LogP contribution is 2.02. The second kappa shape index (κ2) is 3.72. The van der Waals surface area contributed by atoms with Gasteiger partial charge in [-0.15, -0.1) is 0 Å².